The van der Waals surface area contributed by atoms with E-state index in [2.05, 4.69) is 4.98 Å². The summed E-state index contributed by atoms with van der Waals surface area (Å²) in [7, 11) is 0. The van der Waals surface area contributed by atoms with Gasteiger partial charge in [-0.3, -0.25) is 9.59 Å². The quantitative estimate of drug-likeness (QED) is 0.487. The van der Waals surface area contributed by atoms with Gasteiger partial charge in [0.15, 0.2) is 0 Å². The zero-order valence-electron chi connectivity index (χ0n) is 21.2. The summed E-state index contributed by atoms with van der Waals surface area (Å²) < 4.78 is 15.8. The first-order chi connectivity index (χ1) is 17.2. The fourth-order valence-electron chi connectivity index (χ4n) is 4.37. The van der Waals surface area contributed by atoms with E-state index in [1.54, 1.807) is 18.7 Å². The topological polar surface area (TPSA) is 105 Å². The van der Waals surface area contributed by atoms with Gasteiger partial charge in [-0.25, -0.2) is 4.39 Å². The SMILES string of the molecule is Cc1cc(C(=O)N(CCCN)C(c2nc(=O)c(C#N)c(C)n2Cc2ccccc2)C(C)C)ccc1F. The van der Waals surface area contributed by atoms with Crippen LogP contribution < -0.4 is 11.3 Å². The van der Waals surface area contributed by atoms with Crippen LogP contribution in [0.2, 0.25) is 0 Å². The second kappa shape index (κ2) is 11.7. The summed E-state index contributed by atoms with van der Waals surface area (Å²) in [6, 6.07) is 15.3. The lowest BCUT2D eigenvalue weighted by molar-refractivity contribution is 0.0601. The van der Waals surface area contributed by atoms with Crippen molar-refractivity contribution in [2.24, 2.45) is 11.7 Å². The molecule has 2 N–H and O–H groups in total. The number of carbonyl (C=O) groups excluding carboxylic acids is 1. The molecule has 3 aromatic rings. The maximum absolute atomic E-state index is 13.9. The summed E-state index contributed by atoms with van der Waals surface area (Å²) in [4.78, 5) is 32.7. The first-order valence-electron chi connectivity index (χ1n) is 12.0. The highest BCUT2D eigenvalue weighted by molar-refractivity contribution is 5.94. The Labute approximate surface area is 211 Å². The second-order valence-electron chi connectivity index (χ2n) is 9.21. The van der Waals surface area contributed by atoms with E-state index in [1.165, 1.54) is 18.2 Å². The minimum absolute atomic E-state index is 0.0221. The van der Waals surface area contributed by atoms with Crippen LogP contribution >= 0.6 is 0 Å². The number of nitrogens with two attached hydrogens (primary N) is 1. The summed E-state index contributed by atoms with van der Waals surface area (Å²) in [6.07, 6.45) is 0.535. The van der Waals surface area contributed by atoms with Gasteiger partial charge in [-0.2, -0.15) is 10.2 Å². The molecule has 0 spiro atoms. The van der Waals surface area contributed by atoms with Crippen LogP contribution in [-0.2, 0) is 6.54 Å². The number of nitrogens with zero attached hydrogens (tertiary/aromatic N) is 4. The largest absolute Gasteiger partial charge is 0.330 e. The molecule has 0 aliphatic rings. The Balaban J connectivity index is 2.22. The number of carbonyl (C=O) groups is 1. The van der Waals surface area contributed by atoms with Crippen LogP contribution in [-0.4, -0.2) is 33.4 Å². The standard InChI is InChI=1S/C28H32FN5O2/c1-18(2)25(33(14-8-13-30)28(36)22-11-12-24(29)19(3)15-22)26-32-27(35)23(16-31)20(4)34(26)17-21-9-6-5-7-10-21/h5-7,9-12,15,18,25H,8,13-14,17,30H2,1-4H3. The molecular formula is C28H32FN5O2. The number of hydrogen-bond donors (Lipinski definition) is 1. The zero-order chi connectivity index (χ0) is 26.4. The van der Waals surface area contributed by atoms with Crippen molar-refractivity contribution in [1.82, 2.24) is 14.5 Å². The third-order valence-corrected chi connectivity index (χ3v) is 6.27. The Morgan fingerprint density at radius 3 is 2.47 bits per heavy atom. The molecule has 0 fully saturated rings. The molecule has 1 unspecified atom stereocenters. The van der Waals surface area contributed by atoms with Gasteiger partial charge in [-0.15, -0.1) is 0 Å². The lowest BCUT2D eigenvalue weighted by Gasteiger charge is -2.36. The molecule has 2 aromatic carbocycles. The van der Waals surface area contributed by atoms with Gasteiger partial charge < -0.3 is 15.2 Å². The van der Waals surface area contributed by atoms with Crippen LogP contribution in [0.15, 0.2) is 53.3 Å². The Morgan fingerprint density at radius 2 is 1.89 bits per heavy atom. The molecule has 3 rings (SSSR count). The van der Waals surface area contributed by atoms with Gasteiger partial charge in [-0.05, 0) is 62.1 Å². The molecule has 7 nitrogen and oxygen atoms in total. The van der Waals surface area contributed by atoms with Crippen molar-refractivity contribution >= 4 is 5.91 Å². The Morgan fingerprint density at radius 1 is 1.19 bits per heavy atom. The van der Waals surface area contributed by atoms with E-state index in [0.29, 0.717) is 48.7 Å². The van der Waals surface area contributed by atoms with Crippen molar-refractivity contribution in [2.75, 3.05) is 13.1 Å². The Kier molecular flexibility index (Phi) is 8.73. The van der Waals surface area contributed by atoms with E-state index in [1.807, 2.05) is 54.8 Å². The van der Waals surface area contributed by atoms with E-state index in [-0.39, 0.29) is 23.2 Å². The Bertz CT molecular complexity index is 1330. The minimum Gasteiger partial charge on any atom is -0.330 e. The van der Waals surface area contributed by atoms with Crippen LogP contribution in [0.3, 0.4) is 0 Å². The molecule has 8 heteroatoms. The van der Waals surface area contributed by atoms with Crippen molar-refractivity contribution < 1.29 is 9.18 Å². The van der Waals surface area contributed by atoms with Gasteiger partial charge in [0, 0.05) is 24.3 Å². The van der Waals surface area contributed by atoms with Gasteiger partial charge in [0.2, 0.25) is 0 Å². The van der Waals surface area contributed by atoms with Crippen LogP contribution in [0.4, 0.5) is 4.39 Å². The van der Waals surface area contributed by atoms with Crippen molar-refractivity contribution in [1.29, 1.82) is 5.26 Å². The molecule has 0 saturated heterocycles. The molecule has 0 aliphatic carbocycles. The average Bonchev–Trinajstić information content (AvgIpc) is 2.85. The summed E-state index contributed by atoms with van der Waals surface area (Å²) in [5.74, 6) is -0.414. The van der Waals surface area contributed by atoms with E-state index in [0.717, 1.165) is 5.56 Å². The smallest absolute Gasteiger partial charge is 0.291 e. The van der Waals surface area contributed by atoms with Crippen LogP contribution in [0.25, 0.3) is 0 Å². The van der Waals surface area contributed by atoms with Crippen molar-refractivity contribution in [3.05, 3.63) is 98.5 Å². The van der Waals surface area contributed by atoms with Crippen molar-refractivity contribution in [3.63, 3.8) is 0 Å². The summed E-state index contributed by atoms with van der Waals surface area (Å²) in [5.41, 5.74) is 7.33. The van der Waals surface area contributed by atoms with Crippen LogP contribution in [0.1, 0.15) is 64.9 Å². The van der Waals surface area contributed by atoms with Crippen molar-refractivity contribution in [2.45, 2.75) is 46.7 Å². The lowest BCUT2D eigenvalue weighted by Crippen LogP contribution is -2.42. The first kappa shape index (κ1) is 26.8. The number of rotatable bonds is 9. The average molecular weight is 490 g/mol. The molecule has 1 aromatic heterocycles. The molecular weight excluding hydrogens is 457 g/mol. The molecule has 36 heavy (non-hydrogen) atoms. The molecule has 1 heterocycles. The molecule has 0 bridgehead atoms. The predicted molar refractivity (Wildman–Crippen MR) is 137 cm³/mol. The van der Waals surface area contributed by atoms with Gasteiger partial charge in [0.1, 0.15) is 23.3 Å². The molecule has 0 radical (unpaired) electrons. The summed E-state index contributed by atoms with van der Waals surface area (Å²) in [6.45, 7) is 8.32. The van der Waals surface area contributed by atoms with Gasteiger partial charge in [-0.1, -0.05) is 44.2 Å². The Hall–Kier alpha value is -3.83. The normalized spacial score (nSPS) is 11.8. The van der Waals surface area contributed by atoms with Gasteiger partial charge >= 0.3 is 0 Å². The number of amides is 1. The predicted octanol–water partition coefficient (Wildman–Crippen LogP) is 4.11. The number of halogens is 1. The fourth-order valence-corrected chi connectivity index (χ4v) is 4.37. The highest BCUT2D eigenvalue weighted by Crippen LogP contribution is 2.30. The number of benzene rings is 2. The van der Waals surface area contributed by atoms with Gasteiger partial charge in [0.25, 0.3) is 11.5 Å². The van der Waals surface area contributed by atoms with E-state index in [9.17, 15) is 19.2 Å². The lowest BCUT2D eigenvalue weighted by atomic mass is 9.98. The molecule has 0 aliphatic heterocycles. The number of aryl methyl sites for hydroxylation is 1. The third-order valence-electron chi connectivity index (χ3n) is 6.27. The third kappa shape index (κ3) is 5.69. The maximum atomic E-state index is 13.9. The number of aromatic nitrogens is 2. The summed E-state index contributed by atoms with van der Waals surface area (Å²) >= 11 is 0. The van der Waals surface area contributed by atoms with Crippen molar-refractivity contribution in [3.8, 4) is 6.07 Å². The minimum atomic E-state index is -0.621. The van der Waals surface area contributed by atoms with Crippen LogP contribution in [0.5, 0.6) is 0 Å². The van der Waals surface area contributed by atoms with E-state index in [4.69, 9.17) is 5.73 Å². The summed E-state index contributed by atoms with van der Waals surface area (Å²) in [5, 5.41) is 9.63. The highest BCUT2D eigenvalue weighted by atomic mass is 19.1. The first-order valence-corrected chi connectivity index (χ1v) is 12.0. The highest BCUT2D eigenvalue weighted by Gasteiger charge is 2.33. The molecule has 0 saturated carbocycles. The molecule has 188 valence electrons. The fraction of sp³-hybridized carbons (Fsp3) is 0.357. The number of hydrogen-bond acceptors (Lipinski definition) is 5. The van der Waals surface area contributed by atoms with Gasteiger partial charge in [0.05, 0.1) is 6.04 Å². The van der Waals surface area contributed by atoms with E-state index < -0.39 is 11.6 Å². The van der Waals surface area contributed by atoms with Crippen LogP contribution in [0, 0.1) is 36.9 Å². The number of nitriles is 1. The molecule has 1 amide bonds. The maximum Gasteiger partial charge on any atom is 0.291 e. The molecule has 1 atom stereocenters. The monoisotopic (exact) mass is 489 g/mol. The second-order valence-corrected chi connectivity index (χ2v) is 9.21. The van der Waals surface area contributed by atoms with E-state index >= 15 is 0 Å². The zero-order valence-corrected chi connectivity index (χ0v) is 21.2.